The van der Waals surface area contributed by atoms with Crippen molar-refractivity contribution in [2.75, 3.05) is 27.1 Å². The molecule has 0 aliphatic rings. The molecule has 2 aromatic heterocycles. The molecule has 0 N–H and O–H groups in total. The summed E-state index contributed by atoms with van der Waals surface area (Å²) in [6, 6.07) is 3.78. The van der Waals surface area contributed by atoms with Crippen LogP contribution in [0.2, 0.25) is 0 Å². The van der Waals surface area contributed by atoms with E-state index in [0.29, 0.717) is 17.2 Å². The molecule has 3 aromatic rings. The number of methoxy groups -OCH3 is 3. The summed E-state index contributed by atoms with van der Waals surface area (Å²) < 4.78 is 17.9. The van der Waals surface area contributed by atoms with Crippen LogP contribution in [0.15, 0.2) is 12.1 Å². The highest BCUT2D eigenvalue weighted by Gasteiger charge is 2.13. The summed E-state index contributed by atoms with van der Waals surface area (Å²) in [5.41, 5.74) is 0.923. The van der Waals surface area contributed by atoms with Crippen molar-refractivity contribution in [3.8, 4) is 17.2 Å². The molecule has 3 rings (SSSR count). The second-order valence-electron chi connectivity index (χ2n) is 5.18. The van der Waals surface area contributed by atoms with Gasteiger partial charge in [-0.3, -0.25) is 0 Å². The van der Waals surface area contributed by atoms with Gasteiger partial charge in [-0.2, -0.15) is 21.4 Å². The van der Waals surface area contributed by atoms with E-state index in [2.05, 4.69) is 22.2 Å². The Kier molecular flexibility index (Phi) is 6.00. The zero-order valence-corrected chi connectivity index (χ0v) is 16.7. The zero-order valence-electron chi connectivity index (χ0n) is 15.1. The first-order valence-electron chi connectivity index (χ1n) is 7.97. The van der Waals surface area contributed by atoms with Crippen molar-refractivity contribution in [1.82, 2.24) is 19.8 Å². The van der Waals surface area contributed by atoms with E-state index in [1.54, 1.807) is 33.1 Å². The highest BCUT2D eigenvalue weighted by Crippen LogP contribution is 2.38. The first-order valence-corrected chi connectivity index (χ1v) is 9.94. The Hall–Kier alpha value is -2.26. The fourth-order valence-corrected chi connectivity index (χ4v) is 3.71. The second kappa shape index (κ2) is 8.41. The van der Waals surface area contributed by atoms with Gasteiger partial charge in [0, 0.05) is 0 Å². The number of aromatic nitrogens is 4. The fourth-order valence-electron chi connectivity index (χ4n) is 2.39. The largest absolute Gasteiger partial charge is 0.493 e. The number of thioether (sulfide) groups is 1. The van der Waals surface area contributed by atoms with Crippen LogP contribution in [-0.4, -0.2) is 46.9 Å². The van der Waals surface area contributed by atoms with Gasteiger partial charge in [-0.15, -0.1) is 10.2 Å². The van der Waals surface area contributed by atoms with E-state index < -0.39 is 0 Å². The molecule has 0 fully saturated rings. The molecule has 0 unspecified atom stereocenters. The normalized spacial score (nSPS) is 11.4. The molecule has 0 aliphatic carbocycles. The van der Waals surface area contributed by atoms with E-state index in [9.17, 15) is 0 Å². The van der Waals surface area contributed by atoms with Crippen LogP contribution >= 0.6 is 23.1 Å². The van der Waals surface area contributed by atoms with E-state index in [0.717, 1.165) is 32.9 Å². The Morgan fingerprint density at radius 2 is 1.81 bits per heavy atom. The molecule has 0 spiro atoms. The van der Waals surface area contributed by atoms with Crippen molar-refractivity contribution in [3.05, 3.63) is 28.5 Å². The number of nitrogens with zero attached hydrogens (tertiary/aromatic N) is 4. The summed E-state index contributed by atoms with van der Waals surface area (Å²) in [5, 5.41) is 13.8. The molecule has 0 radical (unpaired) electrons. The lowest BCUT2D eigenvalue weighted by Crippen LogP contribution is -1.95. The molecule has 0 amide bonds. The van der Waals surface area contributed by atoms with Crippen LogP contribution in [0.5, 0.6) is 17.2 Å². The Balaban J connectivity index is 1.87. The van der Waals surface area contributed by atoms with Crippen LogP contribution in [0.1, 0.15) is 23.3 Å². The highest BCUT2D eigenvalue weighted by atomic mass is 32.2. The Morgan fingerprint density at radius 1 is 1.08 bits per heavy atom. The van der Waals surface area contributed by atoms with Gasteiger partial charge in [0.1, 0.15) is 5.01 Å². The topological polar surface area (TPSA) is 70.8 Å². The molecule has 26 heavy (non-hydrogen) atoms. The number of ether oxygens (including phenoxy) is 3. The Bertz CT molecular complexity index is 895. The van der Waals surface area contributed by atoms with Crippen LogP contribution in [0.25, 0.3) is 17.1 Å². The van der Waals surface area contributed by atoms with E-state index in [1.165, 1.54) is 11.3 Å². The summed E-state index contributed by atoms with van der Waals surface area (Å²) in [6.45, 7) is 2.12. The van der Waals surface area contributed by atoms with Gasteiger partial charge in [-0.1, -0.05) is 24.3 Å². The number of benzene rings is 1. The number of hydrogen-bond donors (Lipinski definition) is 0. The number of fused-ring (bicyclic) bond motifs is 1. The van der Waals surface area contributed by atoms with E-state index in [4.69, 9.17) is 14.2 Å². The summed E-state index contributed by atoms with van der Waals surface area (Å²) in [5.74, 6) is 4.51. The van der Waals surface area contributed by atoms with Crippen LogP contribution in [0.4, 0.5) is 0 Å². The molecule has 0 saturated carbocycles. The van der Waals surface area contributed by atoms with E-state index in [-0.39, 0.29) is 0 Å². The van der Waals surface area contributed by atoms with Gasteiger partial charge in [0.2, 0.25) is 10.7 Å². The van der Waals surface area contributed by atoms with Crippen LogP contribution in [0, 0.1) is 0 Å². The third-order valence-electron chi connectivity index (χ3n) is 3.61. The van der Waals surface area contributed by atoms with Crippen molar-refractivity contribution in [3.63, 3.8) is 0 Å². The van der Waals surface area contributed by atoms with E-state index >= 15 is 0 Å². The van der Waals surface area contributed by atoms with Gasteiger partial charge >= 0.3 is 0 Å². The minimum Gasteiger partial charge on any atom is -0.493 e. The number of rotatable bonds is 8. The van der Waals surface area contributed by atoms with Gasteiger partial charge in [0.15, 0.2) is 17.3 Å². The van der Waals surface area contributed by atoms with Gasteiger partial charge in [-0.05, 0) is 29.5 Å². The fraction of sp³-hybridized carbons (Fsp3) is 0.353. The molecule has 0 aliphatic heterocycles. The van der Waals surface area contributed by atoms with Gasteiger partial charge in [0.25, 0.3) is 0 Å². The summed E-state index contributed by atoms with van der Waals surface area (Å²) in [4.78, 5) is 0.793. The quantitative estimate of drug-likeness (QED) is 0.580. The van der Waals surface area contributed by atoms with Crippen molar-refractivity contribution in [2.45, 2.75) is 12.7 Å². The molecule has 0 bridgehead atoms. The predicted octanol–water partition coefficient (Wildman–Crippen LogP) is 3.64. The van der Waals surface area contributed by atoms with Gasteiger partial charge in [-0.25, -0.2) is 0 Å². The molecule has 138 valence electrons. The molecule has 0 saturated heterocycles. The van der Waals surface area contributed by atoms with Gasteiger partial charge in [0.05, 0.1) is 27.1 Å². The SMILES string of the molecule is CCSCc1nnc2sc(/C=C/c3cc(OC)c(OC)c(OC)c3)nn12. The lowest BCUT2D eigenvalue weighted by Gasteiger charge is -2.12. The van der Waals surface area contributed by atoms with E-state index in [1.807, 2.05) is 28.8 Å². The van der Waals surface area contributed by atoms with Crippen LogP contribution in [0.3, 0.4) is 0 Å². The highest BCUT2D eigenvalue weighted by molar-refractivity contribution is 7.98. The van der Waals surface area contributed by atoms with Crippen molar-refractivity contribution >= 4 is 40.2 Å². The summed E-state index contributed by atoms with van der Waals surface area (Å²) >= 11 is 3.29. The predicted molar refractivity (Wildman–Crippen MR) is 106 cm³/mol. The molecule has 7 nitrogen and oxygen atoms in total. The lowest BCUT2D eigenvalue weighted by molar-refractivity contribution is 0.324. The minimum absolute atomic E-state index is 0.573. The Labute approximate surface area is 160 Å². The molecular formula is C17H20N4O3S2. The number of hydrogen-bond acceptors (Lipinski definition) is 8. The summed E-state index contributed by atoms with van der Waals surface area (Å²) in [6.07, 6.45) is 3.90. The average molecular weight is 393 g/mol. The third kappa shape index (κ3) is 3.78. The third-order valence-corrected chi connectivity index (χ3v) is 5.35. The molecule has 0 atom stereocenters. The minimum atomic E-state index is 0.573. The molecule has 1 aromatic carbocycles. The lowest BCUT2D eigenvalue weighted by atomic mass is 10.1. The second-order valence-corrected chi connectivity index (χ2v) is 7.44. The smallest absolute Gasteiger partial charge is 0.234 e. The average Bonchev–Trinajstić information content (AvgIpc) is 3.24. The van der Waals surface area contributed by atoms with Crippen LogP contribution in [-0.2, 0) is 5.75 Å². The zero-order chi connectivity index (χ0) is 18.5. The maximum Gasteiger partial charge on any atom is 0.234 e. The van der Waals surface area contributed by atoms with Crippen molar-refractivity contribution in [2.24, 2.45) is 0 Å². The molecular weight excluding hydrogens is 372 g/mol. The molecule has 9 heteroatoms. The van der Waals surface area contributed by atoms with Crippen LogP contribution < -0.4 is 14.2 Å². The van der Waals surface area contributed by atoms with Crippen molar-refractivity contribution in [1.29, 1.82) is 0 Å². The summed E-state index contributed by atoms with van der Waals surface area (Å²) in [7, 11) is 4.79. The monoisotopic (exact) mass is 392 g/mol. The molecule has 2 heterocycles. The maximum atomic E-state index is 5.38. The Morgan fingerprint density at radius 3 is 2.42 bits per heavy atom. The first kappa shape index (κ1) is 18.5. The maximum absolute atomic E-state index is 5.38. The first-order chi connectivity index (χ1) is 12.7. The van der Waals surface area contributed by atoms with Gasteiger partial charge < -0.3 is 14.2 Å². The standard InChI is InChI=1S/C17H20N4O3S2/c1-5-25-10-14-18-19-17-21(14)20-15(26-17)7-6-11-8-12(22-2)16(24-4)13(9-11)23-3/h6-9H,5,10H2,1-4H3/b7-6+. The van der Waals surface area contributed by atoms with Crippen molar-refractivity contribution < 1.29 is 14.2 Å².